The molecule has 2 aromatic rings. The van der Waals surface area contributed by atoms with Gasteiger partial charge in [-0.25, -0.2) is 4.68 Å². The minimum Gasteiger partial charge on any atom is -0.356 e. The van der Waals surface area contributed by atoms with Crippen molar-refractivity contribution in [2.24, 2.45) is 0 Å². The third-order valence-corrected chi connectivity index (χ3v) is 3.87. The Bertz CT molecular complexity index is 549. The fourth-order valence-electron chi connectivity index (χ4n) is 2.09. The molecule has 1 fully saturated rings. The lowest BCUT2D eigenvalue weighted by atomic mass is 10.2. The van der Waals surface area contributed by atoms with Crippen molar-refractivity contribution in [3.63, 3.8) is 0 Å². The van der Waals surface area contributed by atoms with Crippen LogP contribution >= 0.6 is 31.9 Å². The summed E-state index contributed by atoms with van der Waals surface area (Å²) in [5.74, 6) is 0. The zero-order valence-corrected chi connectivity index (χ0v) is 12.2. The van der Waals surface area contributed by atoms with E-state index in [0.29, 0.717) is 0 Å². The standard InChI is InChI=1S/C11H11Br2N3O/c12-7-5-8-10(14-6-7)11(13)15-16(8)9-3-1-2-4-17-9/h5-6,9H,1-4H2. The van der Waals surface area contributed by atoms with Gasteiger partial charge in [-0.05, 0) is 57.2 Å². The van der Waals surface area contributed by atoms with Crippen LogP contribution in [0.4, 0.5) is 0 Å². The van der Waals surface area contributed by atoms with E-state index in [9.17, 15) is 0 Å². The van der Waals surface area contributed by atoms with E-state index in [-0.39, 0.29) is 6.23 Å². The van der Waals surface area contributed by atoms with Crippen molar-refractivity contribution >= 4 is 42.9 Å². The average Bonchev–Trinajstić information content (AvgIpc) is 2.67. The van der Waals surface area contributed by atoms with Crippen LogP contribution in [0.2, 0.25) is 0 Å². The van der Waals surface area contributed by atoms with Gasteiger partial charge >= 0.3 is 0 Å². The highest BCUT2D eigenvalue weighted by Crippen LogP contribution is 2.30. The number of ether oxygens (including phenoxy) is 1. The lowest BCUT2D eigenvalue weighted by molar-refractivity contribution is -0.0368. The highest BCUT2D eigenvalue weighted by Gasteiger charge is 2.20. The van der Waals surface area contributed by atoms with Crippen molar-refractivity contribution in [3.8, 4) is 0 Å². The van der Waals surface area contributed by atoms with Crippen LogP contribution in [0.25, 0.3) is 11.0 Å². The summed E-state index contributed by atoms with van der Waals surface area (Å²) in [5, 5.41) is 4.48. The minimum absolute atomic E-state index is 0.0358. The fraction of sp³-hybridized carbons (Fsp3) is 0.455. The van der Waals surface area contributed by atoms with E-state index in [1.807, 2.05) is 10.7 Å². The van der Waals surface area contributed by atoms with Crippen LogP contribution in [0.1, 0.15) is 25.5 Å². The molecule has 3 heterocycles. The van der Waals surface area contributed by atoms with Gasteiger partial charge in [0.1, 0.15) is 5.52 Å². The second-order valence-corrected chi connectivity index (χ2v) is 5.74. The summed E-state index contributed by atoms with van der Waals surface area (Å²) in [6, 6.07) is 2.03. The third-order valence-electron chi connectivity index (χ3n) is 2.90. The number of hydrogen-bond donors (Lipinski definition) is 0. The van der Waals surface area contributed by atoms with Crippen molar-refractivity contribution in [3.05, 3.63) is 21.3 Å². The lowest BCUT2D eigenvalue weighted by Crippen LogP contribution is -2.19. The molecule has 0 bridgehead atoms. The first-order chi connectivity index (χ1) is 8.25. The van der Waals surface area contributed by atoms with E-state index in [1.54, 1.807) is 6.20 Å². The fourth-order valence-corrected chi connectivity index (χ4v) is 2.89. The maximum atomic E-state index is 5.76. The van der Waals surface area contributed by atoms with Crippen LogP contribution in [0, 0.1) is 0 Å². The summed E-state index contributed by atoms with van der Waals surface area (Å²) in [6.45, 7) is 0.811. The summed E-state index contributed by atoms with van der Waals surface area (Å²) < 4.78 is 9.41. The van der Waals surface area contributed by atoms with Gasteiger partial charge in [-0.15, -0.1) is 0 Å². The predicted octanol–water partition coefficient (Wildman–Crippen LogP) is 3.66. The molecule has 0 N–H and O–H groups in total. The molecule has 2 aromatic heterocycles. The number of nitrogens with zero attached hydrogens (tertiary/aromatic N) is 3. The Kier molecular flexibility index (Phi) is 3.19. The topological polar surface area (TPSA) is 39.9 Å². The Labute approximate surface area is 116 Å². The van der Waals surface area contributed by atoms with Crippen LogP contribution in [-0.2, 0) is 4.74 Å². The SMILES string of the molecule is Brc1cnc2c(Br)nn(C3CCCCO3)c2c1. The summed E-state index contributed by atoms with van der Waals surface area (Å²) >= 11 is 6.88. The van der Waals surface area contributed by atoms with Gasteiger partial charge in [-0.3, -0.25) is 4.98 Å². The molecule has 90 valence electrons. The molecule has 1 saturated heterocycles. The molecule has 4 nitrogen and oxygen atoms in total. The van der Waals surface area contributed by atoms with Crippen LogP contribution in [0.3, 0.4) is 0 Å². The zero-order chi connectivity index (χ0) is 11.8. The molecule has 0 aromatic carbocycles. The van der Waals surface area contributed by atoms with Crippen molar-refractivity contribution < 1.29 is 4.74 Å². The van der Waals surface area contributed by atoms with Crippen molar-refractivity contribution in [2.75, 3.05) is 6.61 Å². The monoisotopic (exact) mass is 359 g/mol. The van der Waals surface area contributed by atoms with Crippen molar-refractivity contribution in [1.82, 2.24) is 14.8 Å². The zero-order valence-electron chi connectivity index (χ0n) is 9.07. The molecular weight excluding hydrogens is 350 g/mol. The molecule has 1 unspecified atom stereocenters. The third kappa shape index (κ3) is 2.13. The average molecular weight is 361 g/mol. The number of pyridine rings is 1. The second kappa shape index (κ2) is 4.66. The molecule has 6 heteroatoms. The van der Waals surface area contributed by atoms with E-state index in [4.69, 9.17) is 4.74 Å². The van der Waals surface area contributed by atoms with E-state index in [1.165, 1.54) is 6.42 Å². The summed E-state index contributed by atoms with van der Waals surface area (Å²) in [5.41, 5.74) is 1.88. The van der Waals surface area contributed by atoms with Crippen molar-refractivity contribution in [2.45, 2.75) is 25.5 Å². The Morgan fingerprint density at radius 3 is 3.00 bits per heavy atom. The van der Waals surface area contributed by atoms with E-state index < -0.39 is 0 Å². The molecular formula is C11H11Br2N3O. The predicted molar refractivity (Wildman–Crippen MR) is 71.8 cm³/mol. The maximum Gasteiger partial charge on any atom is 0.154 e. The van der Waals surface area contributed by atoms with Gasteiger partial charge in [-0.1, -0.05) is 0 Å². The van der Waals surface area contributed by atoms with Gasteiger partial charge in [0.25, 0.3) is 0 Å². The van der Waals surface area contributed by atoms with Crippen LogP contribution < -0.4 is 0 Å². The molecule has 0 aliphatic carbocycles. The second-order valence-electron chi connectivity index (χ2n) is 4.08. The summed E-state index contributed by atoms with van der Waals surface area (Å²) in [7, 11) is 0. The van der Waals surface area contributed by atoms with Crippen LogP contribution in [0.5, 0.6) is 0 Å². The quantitative estimate of drug-likeness (QED) is 0.779. The van der Waals surface area contributed by atoms with Crippen LogP contribution in [-0.4, -0.2) is 21.4 Å². The number of hydrogen-bond acceptors (Lipinski definition) is 3. The highest BCUT2D eigenvalue weighted by atomic mass is 79.9. The van der Waals surface area contributed by atoms with Gasteiger partial charge in [0.15, 0.2) is 10.8 Å². The number of halogens is 2. The minimum atomic E-state index is 0.0358. The van der Waals surface area contributed by atoms with E-state index >= 15 is 0 Å². The molecule has 0 saturated carbocycles. The Balaban J connectivity index is 2.11. The maximum absolute atomic E-state index is 5.76. The number of fused-ring (bicyclic) bond motifs is 1. The molecule has 1 atom stereocenters. The summed E-state index contributed by atoms with van der Waals surface area (Å²) in [6.07, 6.45) is 5.15. The molecule has 0 amide bonds. The van der Waals surface area contributed by atoms with E-state index in [2.05, 4.69) is 41.9 Å². The molecule has 0 radical (unpaired) electrons. The molecule has 3 rings (SSSR count). The van der Waals surface area contributed by atoms with Gasteiger partial charge in [0.05, 0.1) is 5.52 Å². The summed E-state index contributed by atoms with van der Waals surface area (Å²) in [4.78, 5) is 4.36. The van der Waals surface area contributed by atoms with E-state index in [0.717, 1.165) is 39.6 Å². The smallest absolute Gasteiger partial charge is 0.154 e. The lowest BCUT2D eigenvalue weighted by Gasteiger charge is -2.23. The van der Waals surface area contributed by atoms with Gasteiger partial charge in [-0.2, -0.15) is 5.10 Å². The largest absolute Gasteiger partial charge is 0.356 e. The van der Waals surface area contributed by atoms with Crippen LogP contribution in [0.15, 0.2) is 21.3 Å². The van der Waals surface area contributed by atoms with Gasteiger partial charge in [0.2, 0.25) is 0 Å². The molecule has 17 heavy (non-hydrogen) atoms. The number of aromatic nitrogens is 3. The number of rotatable bonds is 1. The Hall–Kier alpha value is -0.460. The Morgan fingerprint density at radius 1 is 1.35 bits per heavy atom. The Morgan fingerprint density at radius 2 is 2.24 bits per heavy atom. The highest BCUT2D eigenvalue weighted by molar-refractivity contribution is 9.10. The first-order valence-electron chi connectivity index (χ1n) is 5.56. The van der Waals surface area contributed by atoms with Gasteiger partial charge < -0.3 is 4.74 Å². The van der Waals surface area contributed by atoms with Crippen molar-refractivity contribution in [1.29, 1.82) is 0 Å². The molecule has 1 aliphatic heterocycles. The van der Waals surface area contributed by atoms with Gasteiger partial charge in [0, 0.05) is 17.3 Å². The first-order valence-corrected chi connectivity index (χ1v) is 7.15. The normalized spacial score (nSPS) is 20.9. The molecule has 0 spiro atoms. The first kappa shape index (κ1) is 11.6. The molecule has 1 aliphatic rings.